The van der Waals surface area contributed by atoms with Gasteiger partial charge in [-0.25, -0.2) is 9.97 Å². The van der Waals surface area contributed by atoms with Gasteiger partial charge in [0.15, 0.2) is 0 Å². The van der Waals surface area contributed by atoms with Crippen molar-refractivity contribution in [2.24, 2.45) is 0 Å². The average molecular weight is 290 g/mol. The van der Waals surface area contributed by atoms with Crippen LogP contribution in [0.1, 0.15) is 53.1 Å². The molecule has 0 atom stereocenters. The Kier molecular flexibility index (Phi) is 3.95. The summed E-state index contributed by atoms with van der Waals surface area (Å²) in [6.07, 6.45) is 0. The number of piperazine rings is 1. The van der Waals surface area contributed by atoms with Gasteiger partial charge in [-0.2, -0.15) is 0 Å². The zero-order valence-electron chi connectivity index (χ0n) is 13.9. The highest BCUT2D eigenvalue weighted by Crippen LogP contribution is 2.28. The van der Waals surface area contributed by atoms with Crippen LogP contribution in [0.25, 0.3) is 0 Å². The predicted octanol–water partition coefficient (Wildman–Crippen LogP) is 2.01. The fourth-order valence-corrected chi connectivity index (χ4v) is 2.15. The Balaban J connectivity index is 2.47. The highest BCUT2D eigenvalue weighted by atomic mass is 16.2. The molecule has 1 aliphatic rings. The first-order chi connectivity index (χ1) is 9.57. The zero-order chi connectivity index (χ0) is 15.8. The van der Waals surface area contributed by atoms with Gasteiger partial charge in [0.25, 0.3) is 0 Å². The van der Waals surface area contributed by atoms with Crippen molar-refractivity contribution >= 4 is 11.7 Å². The van der Waals surface area contributed by atoms with Crippen LogP contribution in [0.5, 0.6) is 0 Å². The molecule has 0 bridgehead atoms. The van der Waals surface area contributed by atoms with Crippen molar-refractivity contribution in [3.8, 4) is 0 Å². The van der Waals surface area contributed by atoms with Crippen molar-refractivity contribution in [1.82, 2.24) is 15.3 Å². The van der Waals surface area contributed by atoms with Crippen LogP contribution in [0.4, 0.5) is 5.82 Å². The summed E-state index contributed by atoms with van der Waals surface area (Å²) in [5.74, 6) is 1.74. The van der Waals surface area contributed by atoms with Gasteiger partial charge in [0.05, 0.1) is 12.2 Å². The lowest BCUT2D eigenvalue weighted by Crippen LogP contribution is -2.48. The lowest BCUT2D eigenvalue weighted by Gasteiger charge is -2.30. The van der Waals surface area contributed by atoms with Gasteiger partial charge in [-0.05, 0) is 0 Å². The largest absolute Gasteiger partial charge is 0.353 e. The van der Waals surface area contributed by atoms with Crippen molar-refractivity contribution in [1.29, 1.82) is 0 Å². The predicted molar refractivity (Wildman–Crippen MR) is 84.7 cm³/mol. The number of nitrogens with one attached hydrogen (secondary N) is 1. The Morgan fingerprint density at radius 2 is 1.76 bits per heavy atom. The zero-order valence-corrected chi connectivity index (χ0v) is 13.9. The van der Waals surface area contributed by atoms with Crippen LogP contribution in [-0.2, 0) is 15.6 Å². The normalized spacial score (nSPS) is 16.9. The molecule has 5 nitrogen and oxygen atoms in total. The van der Waals surface area contributed by atoms with Crippen LogP contribution in [-0.4, -0.2) is 35.5 Å². The summed E-state index contributed by atoms with van der Waals surface area (Å²) in [5.41, 5.74) is 0.854. The molecule has 5 heteroatoms. The number of aromatic nitrogens is 2. The van der Waals surface area contributed by atoms with Gasteiger partial charge in [-0.15, -0.1) is 0 Å². The quantitative estimate of drug-likeness (QED) is 0.859. The minimum Gasteiger partial charge on any atom is -0.353 e. The summed E-state index contributed by atoms with van der Waals surface area (Å²) in [4.78, 5) is 23.1. The molecule has 1 aliphatic heterocycles. The van der Waals surface area contributed by atoms with Crippen LogP contribution in [0, 0.1) is 0 Å². The summed E-state index contributed by atoms with van der Waals surface area (Å²) in [6.45, 7) is 14.6. The van der Waals surface area contributed by atoms with E-state index in [-0.39, 0.29) is 16.7 Å². The standard InChI is InChI=1S/C16H26N4O/c1-15(2,3)11-9-12(19-14(18-11)16(4,5)6)20-8-7-17-13(21)10-20/h9H,7-8,10H2,1-6H3,(H,17,21). The maximum absolute atomic E-state index is 11.6. The van der Waals surface area contributed by atoms with Crippen molar-refractivity contribution < 1.29 is 4.79 Å². The number of rotatable bonds is 1. The number of nitrogens with zero attached hydrogens (tertiary/aromatic N) is 3. The third-order valence-corrected chi connectivity index (χ3v) is 3.51. The molecule has 1 aromatic heterocycles. The van der Waals surface area contributed by atoms with Gasteiger partial charge in [0.1, 0.15) is 11.6 Å². The van der Waals surface area contributed by atoms with E-state index in [4.69, 9.17) is 9.97 Å². The smallest absolute Gasteiger partial charge is 0.239 e. The highest BCUT2D eigenvalue weighted by Gasteiger charge is 2.26. The first kappa shape index (κ1) is 15.7. The molecule has 0 spiro atoms. The van der Waals surface area contributed by atoms with Gasteiger partial charge < -0.3 is 10.2 Å². The van der Waals surface area contributed by atoms with E-state index >= 15 is 0 Å². The monoisotopic (exact) mass is 290 g/mol. The van der Waals surface area contributed by atoms with E-state index in [9.17, 15) is 4.79 Å². The first-order valence-corrected chi connectivity index (χ1v) is 7.49. The van der Waals surface area contributed by atoms with E-state index in [1.54, 1.807) is 0 Å². The Bertz CT molecular complexity index is 508. The van der Waals surface area contributed by atoms with Crippen LogP contribution in [0.15, 0.2) is 6.07 Å². The van der Waals surface area contributed by atoms with Crippen molar-refractivity contribution in [2.75, 3.05) is 24.5 Å². The molecule has 1 amide bonds. The summed E-state index contributed by atoms with van der Waals surface area (Å²) in [6, 6.07) is 2.02. The molecule has 1 aromatic rings. The molecule has 1 fully saturated rings. The van der Waals surface area contributed by atoms with E-state index in [1.807, 2.05) is 11.0 Å². The second-order valence-corrected chi connectivity index (χ2v) is 7.71. The fourth-order valence-electron chi connectivity index (χ4n) is 2.15. The van der Waals surface area contributed by atoms with Crippen molar-refractivity contribution in [3.63, 3.8) is 0 Å². The van der Waals surface area contributed by atoms with E-state index < -0.39 is 0 Å². The Hall–Kier alpha value is -1.65. The van der Waals surface area contributed by atoms with E-state index in [2.05, 4.69) is 46.9 Å². The van der Waals surface area contributed by atoms with Crippen molar-refractivity contribution in [3.05, 3.63) is 17.6 Å². The molecule has 2 rings (SSSR count). The van der Waals surface area contributed by atoms with Gasteiger partial charge in [0, 0.05) is 30.0 Å². The molecular weight excluding hydrogens is 264 g/mol. The highest BCUT2D eigenvalue weighted by molar-refractivity contribution is 5.82. The van der Waals surface area contributed by atoms with E-state index in [0.29, 0.717) is 13.1 Å². The first-order valence-electron chi connectivity index (χ1n) is 7.49. The lowest BCUT2D eigenvalue weighted by atomic mass is 9.90. The Labute approximate surface area is 127 Å². The minimum atomic E-state index is -0.117. The third kappa shape index (κ3) is 3.71. The second-order valence-electron chi connectivity index (χ2n) is 7.71. The summed E-state index contributed by atoms with van der Waals surface area (Å²) in [7, 11) is 0. The SMILES string of the molecule is CC(C)(C)c1cc(N2CCNC(=O)C2)nc(C(C)(C)C)n1. The molecular formula is C16H26N4O. The third-order valence-electron chi connectivity index (χ3n) is 3.51. The number of amides is 1. The van der Waals surface area contributed by atoms with Gasteiger partial charge in [-0.3, -0.25) is 4.79 Å². The molecule has 0 unspecified atom stereocenters. The topological polar surface area (TPSA) is 58.1 Å². The van der Waals surface area contributed by atoms with E-state index in [1.165, 1.54) is 0 Å². The van der Waals surface area contributed by atoms with Crippen molar-refractivity contribution in [2.45, 2.75) is 52.4 Å². The van der Waals surface area contributed by atoms with Crippen LogP contribution >= 0.6 is 0 Å². The van der Waals surface area contributed by atoms with Gasteiger partial charge in [-0.1, -0.05) is 41.5 Å². The number of hydrogen-bond donors (Lipinski definition) is 1. The molecule has 2 heterocycles. The molecule has 116 valence electrons. The number of hydrogen-bond acceptors (Lipinski definition) is 4. The molecule has 0 saturated carbocycles. The summed E-state index contributed by atoms with van der Waals surface area (Å²) >= 11 is 0. The molecule has 1 saturated heterocycles. The number of carbonyl (C=O) groups excluding carboxylic acids is 1. The van der Waals surface area contributed by atoms with Crippen LogP contribution in [0.3, 0.4) is 0 Å². The fraction of sp³-hybridized carbons (Fsp3) is 0.688. The van der Waals surface area contributed by atoms with Crippen LogP contribution in [0.2, 0.25) is 0 Å². The molecule has 0 aliphatic carbocycles. The maximum Gasteiger partial charge on any atom is 0.239 e. The number of carbonyl (C=O) groups is 1. The van der Waals surface area contributed by atoms with Gasteiger partial charge >= 0.3 is 0 Å². The van der Waals surface area contributed by atoms with Gasteiger partial charge in [0.2, 0.25) is 5.91 Å². The lowest BCUT2D eigenvalue weighted by molar-refractivity contribution is -0.120. The second kappa shape index (κ2) is 5.28. The maximum atomic E-state index is 11.6. The van der Waals surface area contributed by atoms with Crippen LogP contribution < -0.4 is 10.2 Å². The minimum absolute atomic E-state index is 0.0459. The Morgan fingerprint density at radius 3 is 2.29 bits per heavy atom. The molecule has 0 aromatic carbocycles. The van der Waals surface area contributed by atoms with E-state index in [0.717, 1.165) is 23.9 Å². The molecule has 21 heavy (non-hydrogen) atoms. The average Bonchev–Trinajstić information content (AvgIpc) is 2.36. The molecule has 1 N–H and O–H groups in total. The summed E-state index contributed by atoms with van der Waals surface area (Å²) in [5, 5.41) is 2.85. The Morgan fingerprint density at radius 1 is 1.10 bits per heavy atom. The summed E-state index contributed by atoms with van der Waals surface area (Å²) < 4.78 is 0. The number of anilines is 1. The molecule has 0 radical (unpaired) electrons.